The summed E-state index contributed by atoms with van der Waals surface area (Å²) in [7, 11) is 3.17. The molecule has 1 fully saturated rings. The SMILES string of the molecule is CN(C)c1nc(NC2CCC(NC(=O)c3cccc(C#N)c3)CC2)cc(C(F)(F)F)n1.S.S. The number of anilines is 2. The molecule has 0 unspecified atom stereocenters. The monoisotopic (exact) mass is 500 g/mol. The Morgan fingerprint density at radius 3 is 2.30 bits per heavy atom. The van der Waals surface area contributed by atoms with Gasteiger partial charge in [-0.2, -0.15) is 50.4 Å². The highest BCUT2D eigenvalue weighted by Gasteiger charge is 2.34. The van der Waals surface area contributed by atoms with Crippen LogP contribution in [0.25, 0.3) is 0 Å². The molecule has 0 atom stereocenters. The van der Waals surface area contributed by atoms with Gasteiger partial charge in [-0.25, -0.2) is 4.98 Å². The van der Waals surface area contributed by atoms with E-state index < -0.39 is 11.9 Å². The molecule has 1 aliphatic carbocycles. The number of aromatic nitrogens is 2. The molecular weight excluding hydrogens is 473 g/mol. The van der Waals surface area contributed by atoms with Crippen molar-refractivity contribution in [3.8, 4) is 6.07 Å². The first-order valence-electron chi connectivity index (χ1n) is 9.87. The van der Waals surface area contributed by atoms with Gasteiger partial charge in [-0.05, 0) is 43.9 Å². The summed E-state index contributed by atoms with van der Waals surface area (Å²) in [6.07, 6.45) is -1.86. The number of carbonyl (C=O) groups excluding carboxylic acids is 1. The van der Waals surface area contributed by atoms with Crippen LogP contribution in [-0.2, 0) is 6.18 Å². The van der Waals surface area contributed by atoms with Crippen LogP contribution < -0.4 is 15.5 Å². The molecule has 180 valence electrons. The van der Waals surface area contributed by atoms with E-state index in [0.29, 0.717) is 36.8 Å². The van der Waals surface area contributed by atoms with Crippen LogP contribution in [0.5, 0.6) is 0 Å². The lowest BCUT2D eigenvalue weighted by Gasteiger charge is -2.30. The molecule has 0 bridgehead atoms. The molecule has 1 amide bonds. The molecular formula is C21H27F3N6OS2. The van der Waals surface area contributed by atoms with Gasteiger partial charge in [0, 0.05) is 37.8 Å². The first-order chi connectivity index (χ1) is 14.7. The van der Waals surface area contributed by atoms with E-state index in [1.807, 2.05) is 6.07 Å². The maximum atomic E-state index is 13.2. The molecule has 1 aromatic carbocycles. The average Bonchev–Trinajstić information content (AvgIpc) is 2.74. The zero-order valence-electron chi connectivity index (χ0n) is 18.2. The molecule has 7 nitrogen and oxygen atoms in total. The van der Waals surface area contributed by atoms with E-state index >= 15 is 0 Å². The van der Waals surface area contributed by atoms with Gasteiger partial charge in [0.25, 0.3) is 5.91 Å². The van der Waals surface area contributed by atoms with Crippen LogP contribution in [0.1, 0.15) is 47.3 Å². The lowest BCUT2D eigenvalue weighted by molar-refractivity contribution is -0.141. The summed E-state index contributed by atoms with van der Waals surface area (Å²) < 4.78 is 39.5. The van der Waals surface area contributed by atoms with E-state index in [1.54, 1.807) is 32.3 Å². The van der Waals surface area contributed by atoms with Gasteiger partial charge in [0.05, 0.1) is 11.6 Å². The Balaban J connectivity index is 0.00000272. The Hall–Kier alpha value is -2.65. The number of carbonyl (C=O) groups is 1. The number of nitriles is 1. The van der Waals surface area contributed by atoms with Crippen molar-refractivity contribution in [1.29, 1.82) is 5.26 Å². The van der Waals surface area contributed by atoms with Crippen LogP contribution in [0.2, 0.25) is 0 Å². The Morgan fingerprint density at radius 2 is 1.73 bits per heavy atom. The fraction of sp³-hybridized carbons (Fsp3) is 0.429. The number of halogens is 3. The minimum absolute atomic E-state index is 0. The average molecular weight is 501 g/mol. The van der Waals surface area contributed by atoms with E-state index in [2.05, 4.69) is 20.6 Å². The second-order valence-electron chi connectivity index (χ2n) is 7.69. The molecule has 1 heterocycles. The number of rotatable bonds is 5. The predicted octanol–water partition coefficient (Wildman–Crippen LogP) is 3.81. The summed E-state index contributed by atoms with van der Waals surface area (Å²) in [6.45, 7) is 0. The zero-order chi connectivity index (χ0) is 22.6. The summed E-state index contributed by atoms with van der Waals surface area (Å²) in [5, 5.41) is 15.0. The van der Waals surface area contributed by atoms with E-state index in [0.717, 1.165) is 6.07 Å². The van der Waals surface area contributed by atoms with Gasteiger partial charge in [-0.15, -0.1) is 0 Å². The van der Waals surface area contributed by atoms with Crippen LogP contribution >= 0.6 is 27.0 Å². The minimum Gasteiger partial charge on any atom is -0.367 e. The third kappa shape index (κ3) is 7.71. The Labute approximate surface area is 204 Å². The molecule has 2 N–H and O–H groups in total. The summed E-state index contributed by atoms with van der Waals surface area (Å²) in [5.41, 5.74) is -0.147. The van der Waals surface area contributed by atoms with Gasteiger partial charge < -0.3 is 15.5 Å². The number of amides is 1. The van der Waals surface area contributed by atoms with Crippen molar-refractivity contribution < 1.29 is 18.0 Å². The van der Waals surface area contributed by atoms with Gasteiger partial charge >= 0.3 is 6.18 Å². The summed E-state index contributed by atoms with van der Waals surface area (Å²) in [6, 6.07) is 9.32. The number of alkyl halides is 3. The van der Waals surface area contributed by atoms with Crippen LogP contribution in [0.15, 0.2) is 30.3 Å². The third-order valence-electron chi connectivity index (χ3n) is 5.07. The van der Waals surface area contributed by atoms with Crippen LogP contribution in [0.4, 0.5) is 24.9 Å². The fourth-order valence-electron chi connectivity index (χ4n) is 3.44. The molecule has 1 aromatic heterocycles. The van der Waals surface area contributed by atoms with Crippen molar-refractivity contribution >= 4 is 44.7 Å². The topological polar surface area (TPSA) is 93.9 Å². The van der Waals surface area contributed by atoms with E-state index in [4.69, 9.17) is 5.26 Å². The van der Waals surface area contributed by atoms with E-state index in [1.165, 1.54) is 11.0 Å². The number of nitrogens with one attached hydrogen (secondary N) is 2. The van der Waals surface area contributed by atoms with Gasteiger partial charge in [0.1, 0.15) is 5.82 Å². The molecule has 0 spiro atoms. The Bertz CT molecular complexity index is 989. The maximum Gasteiger partial charge on any atom is 0.433 e. The standard InChI is InChI=1S/C21H23F3N6O.2H2S/c1-30(2)20-28-17(21(22,23)24)11-18(29-20)26-15-6-8-16(9-7-15)27-19(31)14-5-3-4-13(10-14)12-25;;/h3-5,10-11,15-16H,6-9H2,1-2H3,(H,27,31)(H,26,28,29);2*1H2. The van der Waals surface area contributed by atoms with Crippen LogP contribution in [-0.4, -0.2) is 42.1 Å². The highest BCUT2D eigenvalue weighted by molar-refractivity contribution is 7.59. The summed E-state index contributed by atoms with van der Waals surface area (Å²) >= 11 is 0. The minimum atomic E-state index is -4.56. The molecule has 0 saturated heterocycles. The van der Waals surface area contributed by atoms with Gasteiger partial charge in [0.15, 0.2) is 5.69 Å². The normalized spacial score (nSPS) is 17.6. The smallest absolute Gasteiger partial charge is 0.367 e. The third-order valence-corrected chi connectivity index (χ3v) is 5.07. The largest absolute Gasteiger partial charge is 0.433 e. The molecule has 1 aliphatic rings. The lowest BCUT2D eigenvalue weighted by atomic mass is 9.91. The van der Waals surface area contributed by atoms with Crippen molar-refractivity contribution in [2.24, 2.45) is 0 Å². The molecule has 2 aromatic rings. The van der Waals surface area contributed by atoms with Crippen molar-refractivity contribution in [1.82, 2.24) is 15.3 Å². The van der Waals surface area contributed by atoms with Crippen LogP contribution in [0.3, 0.4) is 0 Å². The number of nitrogens with zero attached hydrogens (tertiary/aromatic N) is 4. The van der Waals surface area contributed by atoms with Gasteiger partial charge in [0.2, 0.25) is 5.95 Å². The van der Waals surface area contributed by atoms with Gasteiger partial charge in [-0.3, -0.25) is 4.79 Å². The highest BCUT2D eigenvalue weighted by Crippen LogP contribution is 2.31. The molecule has 0 aliphatic heterocycles. The maximum absolute atomic E-state index is 13.2. The Kier molecular flexibility index (Phi) is 10.3. The molecule has 33 heavy (non-hydrogen) atoms. The highest BCUT2D eigenvalue weighted by atomic mass is 32.1. The quantitative estimate of drug-likeness (QED) is 0.649. The molecule has 12 heteroatoms. The number of benzene rings is 1. The van der Waals surface area contributed by atoms with Crippen molar-refractivity contribution in [3.63, 3.8) is 0 Å². The predicted molar refractivity (Wildman–Crippen MR) is 130 cm³/mol. The van der Waals surface area contributed by atoms with Crippen molar-refractivity contribution in [2.45, 2.75) is 43.9 Å². The number of hydrogen-bond donors (Lipinski definition) is 2. The first-order valence-corrected chi connectivity index (χ1v) is 9.87. The Morgan fingerprint density at radius 1 is 1.09 bits per heavy atom. The summed E-state index contributed by atoms with van der Waals surface area (Å²) in [4.78, 5) is 21.6. The lowest BCUT2D eigenvalue weighted by Crippen LogP contribution is -2.40. The molecule has 3 rings (SSSR count). The first kappa shape index (κ1) is 28.4. The van der Waals surface area contributed by atoms with Crippen molar-refractivity contribution in [3.05, 3.63) is 47.2 Å². The fourth-order valence-corrected chi connectivity index (χ4v) is 3.44. The molecule has 1 saturated carbocycles. The summed E-state index contributed by atoms with van der Waals surface area (Å²) in [5.74, 6) is -0.126. The van der Waals surface area contributed by atoms with E-state index in [9.17, 15) is 18.0 Å². The second-order valence-corrected chi connectivity index (χ2v) is 7.69. The van der Waals surface area contributed by atoms with E-state index in [-0.39, 0.29) is 56.7 Å². The van der Waals surface area contributed by atoms with Crippen LogP contribution in [0, 0.1) is 11.3 Å². The van der Waals surface area contributed by atoms with Crippen molar-refractivity contribution in [2.75, 3.05) is 24.3 Å². The molecule has 0 radical (unpaired) electrons. The number of hydrogen-bond acceptors (Lipinski definition) is 6. The zero-order valence-corrected chi connectivity index (χ0v) is 20.2. The second kappa shape index (κ2) is 12.0. The van der Waals surface area contributed by atoms with Gasteiger partial charge in [-0.1, -0.05) is 6.07 Å².